The molecule has 2 rings (SSSR count). The lowest BCUT2D eigenvalue weighted by molar-refractivity contribution is 0.0577. The minimum Gasteiger partial charge on any atom is -0.487 e. The summed E-state index contributed by atoms with van der Waals surface area (Å²) in [6, 6.07) is 7.44. The van der Waals surface area contributed by atoms with E-state index in [0.29, 0.717) is 5.75 Å². The molecule has 0 aromatic heterocycles. The van der Waals surface area contributed by atoms with E-state index in [9.17, 15) is 10.2 Å². The van der Waals surface area contributed by atoms with E-state index in [0.717, 1.165) is 24.8 Å². The summed E-state index contributed by atoms with van der Waals surface area (Å²) in [4.78, 5) is 0. The third-order valence-corrected chi connectivity index (χ3v) is 3.07. The Morgan fingerprint density at radius 3 is 2.69 bits per heavy atom. The highest BCUT2D eigenvalue weighted by Gasteiger charge is 2.27. The molecular weight excluding hydrogens is 204 g/mol. The van der Waals surface area contributed by atoms with Crippen molar-refractivity contribution in [2.45, 2.75) is 44.5 Å². The molecule has 3 atom stereocenters. The maximum atomic E-state index is 9.69. The molecule has 88 valence electrons. The zero-order chi connectivity index (χ0) is 11.5. The highest BCUT2D eigenvalue weighted by atomic mass is 16.5. The van der Waals surface area contributed by atoms with Crippen LogP contribution in [0.2, 0.25) is 0 Å². The van der Waals surface area contributed by atoms with Crippen molar-refractivity contribution in [2.75, 3.05) is 0 Å². The van der Waals surface area contributed by atoms with Gasteiger partial charge in [0.2, 0.25) is 0 Å². The first-order chi connectivity index (χ1) is 7.68. The van der Waals surface area contributed by atoms with Crippen LogP contribution >= 0.6 is 0 Å². The van der Waals surface area contributed by atoms with Crippen LogP contribution in [0.5, 0.6) is 5.75 Å². The molecule has 0 heterocycles. The SMILES string of the molecule is C[C@@H](O)c1ccccc1OC1CCCC1O. The molecule has 1 aromatic carbocycles. The smallest absolute Gasteiger partial charge is 0.125 e. The van der Waals surface area contributed by atoms with E-state index in [2.05, 4.69) is 0 Å². The van der Waals surface area contributed by atoms with E-state index in [1.54, 1.807) is 6.92 Å². The molecule has 1 aliphatic carbocycles. The highest BCUT2D eigenvalue weighted by Crippen LogP contribution is 2.29. The van der Waals surface area contributed by atoms with E-state index in [1.807, 2.05) is 24.3 Å². The Balaban J connectivity index is 2.14. The number of aliphatic hydroxyl groups excluding tert-OH is 2. The molecule has 0 aliphatic heterocycles. The van der Waals surface area contributed by atoms with Gasteiger partial charge in [0.05, 0.1) is 12.2 Å². The lowest BCUT2D eigenvalue weighted by atomic mass is 10.1. The van der Waals surface area contributed by atoms with Crippen LogP contribution in [0.3, 0.4) is 0 Å². The second kappa shape index (κ2) is 4.85. The fraction of sp³-hybridized carbons (Fsp3) is 0.538. The van der Waals surface area contributed by atoms with Crippen molar-refractivity contribution in [1.29, 1.82) is 0 Å². The first kappa shape index (κ1) is 11.4. The highest BCUT2D eigenvalue weighted by molar-refractivity contribution is 5.35. The molecule has 0 saturated heterocycles. The summed E-state index contributed by atoms with van der Waals surface area (Å²) in [5.41, 5.74) is 0.779. The summed E-state index contributed by atoms with van der Waals surface area (Å²) < 4.78 is 5.77. The van der Waals surface area contributed by atoms with Crippen LogP contribution in [0.1, 0.15) is 37.9 Å². The van der Waals surface area contributed by atoms with E-state index in [1.165, 1.54) is 0 Å². The third kappa shape index (κ3) is 2.36. The van der Waals surface area contributed by atoms with Crippen molar-refractivity contribution < 1.29 is 14.9 Å². The normalized spacial score (nSPS) is 26.7. The van der Waals surface area contributed by atoms with Gasteiger partial charge in [-0.1, -0.05) is 18.2 Å². The molecule has 0 spiro atoms. The second-order valence-electron chi connectivity index (χ2n) is 4.37. The van der Waals surface area contributed by atoms with Crippen molar-refractivity contribution in [2.24, 2.45) is 0 Å². The number of benzene rings is 1. The molecule has 3 nitrogen and oxygen atoms in total. The van der Waals surface area contributed by atoms with Gasteiger partial charge in [0.15, 0.2) is 0 Å². The molecule has 3 heteroatoms. The third-order valence-electron chi connectivity index (χ3n) is 3.07. The quantitative estimate of drug-likeness (QED) is 0.822. The van der Waals surface area contributed by atoms with Gasteiger partial charge in [-0.05, 0) is 32.3 Å². The first-order valence-electron chi connectivity index (χ1n) is 5.80. The maximum Gasteiger partial charge on any atom is 0.125 e. The average molecular weight is 222 g/mol. The van der Waals surface area contributed by atoms with Crippen molar-refractivity contribution in [3.63, 3.8) is 0 Å². The lowest BCUT2D eigenvalue weighted by Gasteiger charge is -2.20. The summed E-state index contributed by atoms with van der Waals surface area (Å²) in [7, 11) is 0. The number of hydrogen-bond acceptors (Lipinski definition) is 3. The Kier molecular flexibility index (Phi) is 3.46. The second-order valence-corrected chi connectivity index (χ2v) is 4.37. The van der Waals surface area contributed by atoms with Crippen LogP contribution < -0.4 is 4.74 Å². The van der Waals surface area contributed by atoms with Gasteiger partial charge < -0.3 is 14.9 Å². The molecule has 0 amide bonds. The molecular formula is C13H18O3. The zero-order valence-electron chi connectivity index (χ0n) is 9.47. The average Bonchev–Trinajstić information content (AvgIpc) is 2.65. The van der Waals surface area contributed by atoms with E-state index < -0.39 is 6.10 Å². The van der Waals surface area contributed by atoms with E-state index in [-0.39, 0.29) is 12.2 Å². The molecule has 1 saturated carbocycles. The number of para-hydroxylation sites is 1. The monoisotopic (exact) mass is 222 g/mol. The van der Waals surface area contributed by atoms with Gasteiger partial charge >= 0.3 is 0 Å². The fourth-order valence-electron chi connectivity index (χ4n) is 2.14. The predicted octanol–water partition coefficient (Wildman–Crippen LogP) is 2.03. The van der Waals surface area contributed by atoms with Gasteiger partial charge in [-0.25, -0.2) is 0 Å². The predicted molar refractivity (Wildman–Crippen MR) is 61.3 cm³/mol. The van der Waals surface area contributed by atoms with Gasteiger partial charge in [0.25, 0.3) is 0 Å². The minimum absolute atomic E-state index is 0.125. The Hall–Kier alpha value is -1.06. The van der Waals surface area contributed by atoms with Crippen molar-refractivity contribution in [3.8, 4) is 5.75 Å². The summed E-state index contributed by atoms with van der Waals surface area (Å²) in [6.45, 7) is 1.72. The summed E-state index contributed by atoms with van der Waals surface area (Å²) in [5.74, 6) is 0.684. The van der Waals surface area contributed by atoms with Crippen molar-refractivity contribution >= 4 is 0 Å². The molecule has 2 N–H and O–H groups in total. The van der Waals surface area contributed by atoms with Gasteiger partial charge in [0.1, 0.15) is 11.9 Å². The number of ether oxygens (including phenoxy) is 1. The first-order valence-corrected chi connectivity index (χ1v) is 5.80. The lowest BCUT2D eigenvalue weighted by Crippen LogP contribution is -2.26. The van der Waals surface area contributed by atoms with Crippen LogP contribution in [-0.2, 0) is 0 Å². The number of aliphatic hydroxyl groups is 2. The fourth-order valence-corrected chi connectivity index (χ4v) is 2.14. The van der Waals surface area contributed by atoms with E-state index >= 15 is 0 Å². The number of hydrogen-bond donors (Lipinski definition) is 2. The Bertz CT molecular complexity index is 349. The molecule has 1 aromatic rings. The molecule has 0 radical (unpaired) electrons. The molecule has 16 heavy (non-hydrogen) atoms. The molecule has 0 bridgehead atoms. The summed E-state index contributed by atoms with van der Waals surface area (Å²) in [5, 5.41) is 19.3. The minimum atomic E-state index is -0.547. The Morgan fingerprint density at radius 2 is 2.06 bits per heavy atom. The molecule has 1 fully saturated rings. The zero-order valence-corrected chi connectivity index (χ0v) is 9.47. The Labute approximate surface area is 95.7 Å². The van der Waals surface area contributed by atoms with Crippen molar-refractivity contribution in [1.82, 2.24) is 0 Å². The van der Waals surface area contributed by atoms with Gasteiger partial charge in [0, 0.05) is 5.56 Å². The maximum absolute atomic E-state index is 9.69. The summed E-state index contributed by atoms with van der Waals surface area (Å²) in [6.07, 6.45) is 1.65. The Morgan fingerprint density at radius 1 is 1.31 bits per heavy atom. The molecule has 1 aliphatic rings. The standard InChI is InChI=1S/C13H18O3/c1-9(14)10-5-2-3-7-12(10)16-13-8-4-6-11(13)15/h2-3,5,7,9,11,13-15H,4,6,8H2,1H3/t9-,11?,13?/m1/s1. The number of rotatable bonds is 3. The van der Waals surface area contributed by atoms with Crippen LogP contribution in [0.4, 0.5) is 0 Å². The topological polar surface area (TPSA) is 49.7 Å². The van der Waals surface area contributed by atoms with Crippen LogP contribution in [0.15, 0.2) is 24.3 Å². The van der Waals surface area contributed by atoms with Crippen LogP contribution in [-0.4, -0.2) is 22.4 Å². The van der Waals surface area contributed by atoms with E-state index in [4.69, 9.17) is 4.74 Å². The van der Waals surface area contributed by atoms with Crippen LogP contribution in [0, 0.1) is 0 Å². The van der Waals surface area contributed by atoms with Gasteiger partial charge in [-0.2, -0.15) is 0 Å². The van der Waals surface area contributed by atoms with Crippen LogP contribution in [0.25, 0.3) is 0 Å². The largest absolute Gasteiger partial charge is 0.487 e. The van der Waals surface area contributed by atoms with Gasteiger partial charge in [-0.3, -0.25) is 0 Å². The van der Waals surface area contributed by atoms with Crippen molar-refractivity contribution in [3.05, 3.63) is 29.8 Å². The molecule has 2 unspecified atom stereocenters. The van der Waals surface area contributed by atoms with Gasteiger partial charge in [-0.15, -0.1) is 0 Å². The summed E-state index contributed by atoms with van der Waals surface area (Å²) >= 11 is 0.